The lowest BCUT2D eigenvalue weighted by molar-refractivity contribution is 0.637. The second-order valence-corrected chi connectivity index (χ2v) is 12.5. The Balaban J connectivity index is 1.22. The van der Waals surface area contributed by atoms with Crippen LogP contribution in [0.1, 0.15) is 42.0 Å². The van der Waals surface area contributed by atoms with E-state index >= 15 is 0 Å². The van der Waals surface area contributed by atoms with E-state index in [-0.39, 0.29) is 5.41 Å². The average molecular weight is 592 g/mol. The fraction of sp³-hybridized carbons (Fsp3) is 0.0909. The van der Waals surface area contributed by atoms with Crippen molar-refractivity contribution in [1.82, 2.24) is 0 Å². The summed E-state index contributed by atoms with van der Waals surface area (Å²) >= 11 is 0. The van der Waals surface area contributed by atoms with E-state index in [1.54, 1.807) is 0 Å². The molecule has 2 aliphatic carbocycles. The predicted molar refractivity (Wildman–Crippen MR) is 191 cm³/mol. The Labute approximate surface area is 269 Å². The van der Waals surface area contributed by atoms with Crippen LogP contribution >= 0.6 is 0 Å². The number of nitrogens with zero attached hydrogens (tertiary/aromatic N) is 1. The molecule has 6 aromatic carbocycles. The molecule has 0 aliphatic heterocycles. The van der Waals surface area contributed by atoms with Gasteiger partial charge in [0.2, 0.25) is 0 Å². The number of fused-ring (bicyclic) bond motifs is 6. The van der Waals surface area contributed by atoms with E-state index < -0.39 is 0 Å². The first-order valence-electron chi connectivity index (χ1n) is 16.2. The van der Waals surface area contributed by atoms with E-state index in [1.807, 2.05) is 0 Å². The zero-order valence-electron chi connectivity index (χ0n) is 25.8. The van der Waals surface area contributed by atoms with Crippen molar-refractivity contribution >= 4 is 38.9 Å². The Morgan fingerprint density at radius 1 is 0.522 bits per heavy atom. The maximum absolute atomic E-state index is 6.85. The Hall–Kier alpha value is -5.60. The molecule has 2 heteroatoms. The van der Waals surface area contributed by atoms with Gasteiger partial charge in [0.25, 0.3) is 0 Å². The molecule has 9 rings (SSSR count). The van der Waals surface area contributed by atoms with Crippen molar-refractivity contribution in [1.29, 1.82) is 0 Å². The lowest BCUT2D eigenvalue weighted by Crippen LogP contribution is -2.22. The Morgan fingerprint density at radius 2 is 1.11 bits per heavy atom. The summed E-state index contributed by atoms with van der Waals surface area (Å²) in [6, 6.07) is 52.3. The first-order chi connectivity index (χ1) is 22.7. The molecule has 0 fully saturated rings. The van der Waals surface area contributed by atoms with Crippen LogP contribution in [0.5, 0.6) is 0 Å². The van der Waals surface area contributed by atoms with Crippen molar-refractivity contribution in [3.63, 3.8) is 0 Å². The van der Waals surface area contributed by atoms with Crippen molar-refractivity contribution in [2.75, 3.05) is 4.90 Å². The second kappa shape index (κ2) is 10.5. The Kier molecular flexibility index (Phi) is 6.11. The Bertz CT molecular complexity index is 2240. The number of rotatable bonds is 5. The van der Waals surface area contributed by atoms with Crippen molar-refractivity contribution in [2.24, 2.45) is 0 Å². The lowest BCUT2D eigenvalue weighted by Gasteiger charge is -2.30. The van der Waals surface area contributed by atoms with Gasteiger partial charge in [0.1, 0.15) is 11.2 Å². The molecule has 1 heterocycles. The molecule has 0 unspecified atom stereocenters. The first kappa shape index (κ1) is 26.8. The van der Waals surface area contributed by atoms with Crippen molar-refractivity contribution in [3.8, 4) is 11.1 Å². The van der Waals surface area contributed by atoms with Gasteiger partial charge in [0.05, 0.1) is 0 Å². The monoisotopic (exact) mass is 591 g/mol. The number of anilines is 2. The van der Waals surface area contributed by atoms with E-state index in [2.05, 4.69) is 170 Å². The average Bonchev–Trinajstić information content (AvgIpc) is 3.64. The molecule has 2 aliphatic rings. The SMILES string of the molecule is CC1(c2ccc(C3=CC=C(N(c4ccccc4)c4ccccc4)CC3)c3c2oc2ccccc23)c2ccccc2-c2ccccc21. The molecular formula is C44H33NO. The number of hydrogen-bond donors (Lipinski definition) is 0. The third kappa shape index (κ3) is 3.96. The highest BCUT2D eigenvalue weighted by Crippen LogP contribution is 2.55. The van der Waals surface area contributed by atoms with Crippen LogP contribution in [0, 0.1) is 0 Å². The molecule has 0 radical (unpaired) electrons. The maximum Gasteiger partial charge on any atom is 0.140 e. The van der Waals surface area contributed by atoms with E-state index in [1.165, 1.54) is 66.8 Å². The molecule has 46 heavy (non-hydrogen) atoms. The van der Waals surface area contributed by atoms with Gasteiger partial charge in [-0.3, -0.25) is 0 Å². The Morgan fingerprint density at radius 3 is 1.74 bits per heavy atom. The van der Waals surface area contributed by atoms with Crippen molar-refractivity contribution in [2.45, 2.75) is 25.2 Å². The van der Waals surface area contributed by atoms with Crippen LogP contribution in [-0.2, 0) is 5.41 Å². The lowest BCUT2D eigenvalue weighted by atomic mass is 9.73. The van der Waals surface area contributed by atoms with Crippen LogP contribution in [0.2, 0.25) is 0 Å². The van der Waals surface area contributed by atoms with Gasteiger partial charge in [-0.15, -0.1) is 0 Å². The molecule has 0 saturated carbocycles. The maximum atomic E-state index is 6.85. The smallest absolute Gasteiger partial charge is 0.140 e. The number of benzene rings is 6. The minimum absolute atomic E-state index is 0.336. The number of furan rings is 1. The highest BCUT2D eigenvalue weighted by molar-refractivity contribution is 6.12. The van der Waals surface area contributed by atoms with Crippen LogP contribution in [0.3, 0.4) is 0 Å². The summed E-state index contributed by atoms with van der Waals surface area (Å²) in [5.41, 5.74) is 14.3. The van der Waals surface area contributed by atoms with Gasteiger partial charge in [-0.2, -0.15) is 0 Å². The summed E-state index contributed by atoms with van der Waals surface area (Å²) in [4.78, 5) is 2.38. The molecule has 1 aromatic heterocycles. The topological polar surface area (TPSA) is 16.4 Å². The van der Waals surface area contributed by atoms with Gasteiger partial charge in [0, 0.05) is 38.8 Å². The summed E-state index contributed by atoms with van der Waals surface area (Å²) in [5, 5.41) is 2.38. The van der Waals surface area contributed by atoms with Crippen LogP contribution in [0.15, 0.2) is 168 Å². The largest absolute Gasteiger partial charge is 0.456 e. The molecule has 0 N–H and O–H groups in total. The quantitative estimate of drug-likeness (QED) is 0.198. The fourth-order valence-electron chi connectivity index (χ4n) is 7.90. The van der Waals surface area contributed by atoms with Crippen LogP contribution in [0.4, 0.5) is 11.4 Å². The third-order valence-corrected chi connectivity index (χ3v) is 10.1. The number of para-hydroxylation sites is 3. The first-order valence-corrected chi connectivity index (χ1v) is 16.2. The second-order valence-electron chi connectivity index (χ2n) is 12.5. The van der Waals surface area contributed by atoms with E-state index in [0.29, 0.717) is 0 Å². The van der Waals surface area contributed by atoms with Crippen LogP contribution < -0.4 is 4.90 Å². The molecule has 0 saturated heterocycles. The summed E-state index contributed by atoms with van der Waals surface area (Å²) in [6.07, 6.45) is 6.52. The van der Waals surface area contributed by atoms with Gasteiger partial charge >= 0.3 is 0 Å². The van der Waals surface area contributed by atoms with E-state index in [0.717, 1.165) is 24.0 Å². The standard InChI is InChI=1S/C44H33NO/c1-44(38-21-11-8-18-35(38)36-19-9-12-22-39(36)44)40-29-28-34(42-37-20-10-13-23-41(37)46-43(40)42)30-24-26-33(27-25-30)45(31-14-4-2-5-15-31)32-16-6-3-7-17-32/h2-24,26,28-29H,25,27H2,1H3. The summed E-state index contributed by atoms with van der Waals surface area (Å²) in [7, 11) is 0. The zero-order valence-corrected chi connectivity index (χ0v) is 25.8. The van der Waals surface area contributed by atoms with Crippen LogP contribution in [0.25, 0.3) is 38.6 Å². The normalized spacial score (nSPS) is 14.9. The molecule has 0 atom stereocenters. The summed E-state index contributed by atoms with van der Waals surface area (Å²) < 4.78 is 6.85. The van der Waals surface area contributed by atoms with Crippen LogP contribution in [-0.4, -0.2) is 0 Å². The summed E-state index contributed by atoms with van der Waals surface area (Å²) in [5.74, 6) is 0. The fourth-order valence-corrected chi connectivity index (χ4v) is 7.90. The van der Waals surface area contributed by atoms with Gasteiger partial charge in [0.15, 0.2) is 0 Å². The highest BCUT2D eigenvalue weighted by Gasteiger charge is 2.42. The molecule has 2 nitrogen and oxygen atoms in total. The minimum atomic E-state index is -0.336. The third-order valence-electron chi connectivity index (χ3n) is 10.1. The molecule has 0 amide bonds. The van der Waals surface area contributed by atoms with Gasteiger partial charge in [-0.05, 0) is 89.6 Å². The zero-order chi connectivity index (χ0) is 30.7. The predicted octanol–water partition coefficient (Wildman–Crippen LogP) is 11.8. The van der Waals surface area contributed by atoms with E-state index in [4.69, 9.17) is 4.42 Å². The van der Waals surface area contributed by atoms with Gasteiger partial charge < -0.3 is 9.32 Å². The minimum Gasteiger partial charge on any atom is -0.456 e. The van der Waals surface area contributed by atoms with Crippen molar-refractivity contribution in [3.05, 3.63) is 186 Å². The number of hydrogen-bond acceptors (Lipinski definition) is 2. The highest BCUT2D eigenvalue weighted by atomic mass is 16.3. The van der Waals surface area contributed by atoms with Crippen molar-refractivity contribution < 1.29 is 4.42 Å². The molecule has 7 aromatic rings. The van der Waals surface area contributed by atoms with Gasteiger partial charge in [-0.1, -0.05) is 121 Å². The molecular weight excluding hydrogens is 558 g/mol. The molecule has 0 bridgehead atoms. The number of allylic oxidation sites excluding steroid dienone is 4. The molecule has 0 spiro atoms. The molecule has 220 valence electrons. The summed E-state index contributed by atoms with van der Waals surface area (Å²) in [6.45, 7) is 2.37. The van der Waals surface area contributed by atoms with Gasteiger partial charge in [-0.25, -0.2) is 0 Å². The van der Waals surface area contributed by atoms with E-state index in [9.17, 15) is 0 Å².